The topological polar surface area (TPSA) is 130 Å². The van der Waals surface area contributed by atoms with Gasteiger partial charge in [-0.1, -0.05) is 313 Å². The van der Waals surface area contributed by atoms with Crippen LogP contribution in [0.2, 0.25) is 0 Å². The zero-order valence-corrected chi connectivity index (χ0v) is 85.1. The molecule has 0 radical (unpaired) electrons. The van der Waals surface area contributed by atoms with Crippen LogP contribution < -0.4 is 39.2 Å². The monoisotopic (exact) mass is 1920 g/mol. The summed E-state index contributed by atoms with van der Waals surface area (Å²) in [7, 11) is 0. The van der Waals surface area contributed by atoms with E-state index in [4.69, 9.17) is 17.7 Å². The molecule has 0 saturated heterocycles. The van der Waals surface area contributed by atoms with Gasteiger partial charge in [-0.3, -0.25) is 0 Å². The van der Waals surface area contributed by atoms with Crippen LogP contribution in [0.25, 0.3) is 94.0 Å². The fourth-order valence-corrected chi connectivity index (χ4v) is 22.8. The first-order valence-corrected chi connectivity index (χ1v) is 49.6. The predicted molar refractivity (Wildman–Crippen MR) is 614 cm³/mol. The molecule has 19 aromatic rings. The van der Waals surface area contributed by atoms with Crippen LogP contribution in [0.3, 0.4) is 0 Å². The predicted octanol–water partition coefficient (Wildman–Crippen LogP) is 35.8. The number of para-hydroxylation sites is 4. The Morgan fingerprint density at radius 2 is 0.510 bits per heavy atom. The molecule has 0 bridgehead atoms. The van der Waals surface area contributed by atoms with Crippen molar-refractivity contribution in [2.75, 3.05) is 39.2 Å². The lowest BCUT2D eigenvalue weighted by atomic mass is 9.89. The summed E-state index contributed by atoms with van der Waals surface area (Å²) < 4.78 is 25.9. The van der Waals surface area contributed by atoms with Crippen LogP contribution in [0.4, 0.5) is 45.5 Å². The molecule has 4 aliphatic heterocycles. The van der Waals surface area contributed by atoms with E-state index in [0.29, 0.717) is 40.6 Å². The Morgan fingerprint density at radius 3 is 0.841 bits per heavy atom. The summed E-state index contributed by atoms with van der Waals surface area (Å²) >= 11 is 0. The first kappa shape index (κ1) is 102. The van der Waals surface area contributed by atoms with Crippen LogP contribution in [-0.2, 0) is 0 Å². The van der Waals surface area contributed by atoms with Crippen LogP contribution in [-0.4, -0.2) is 32.3 Å². The van der Waals surface area contributed by atoms with Crippen molar-refractivity contribution >= 4 is 139 Å². The molecule has 4 unspecified atom stereocenters. The molecule has 4 atom stereocenters. The minimum Gasteiger partial charge on any atom is -0.435 e. The first-order valence-electron chi connectivity index (χ1n) is 49.6. The molecule has 0 saturated carbocycles. The summed E-state index contributed by atoms with van der Waals surface area (Å²) in [5.74, 6) is 1.04. The molecule has 145 heavy (non-hydrogen) atoms. The molecule has 0 spiro atoms. The van der Waals surface area contributed by atoms with Crippen molar-refractivity contribution in [2.45, 2.75) is 207 Å². The highest BCUT2D eigenvalue weighted by molar-refractivity contribution is 6.13. The van der Waals surface area contributed by atoms with E-state index in [1.165, 1.54) is 118 Å². The molecule has 8 aromatic heterocycles. The lowest BCUT2D eigenvalue weighted by Gasteiger charge is -2.43. The number of pyridine rings is 4. The number of fused-ring (bicyclic) bond motifs is 12. The van der Waals surface area contributed by atoms with E-state index in [1.807, 2.05) is 24.3 Å². The maximum Gasteiger partial charge on any atom is 0.227 e. The van der Waals surface area contributed by atoms with Crippen molar-refractivity contribution in [1.29, 1.82) is 0 Å². The van der Waals surface area contributed by atoms with E-state index >= 15 is 0 Å². The lowest BCUT2D eigenvalue weighted by Crippen LogP contribution is -2.50. The van der Waals surface area contributed by atoms with Gasteiger partial charge in [0.25, 0.3) is 0 Å². The number of anilines is 8. The number of allylic oxidation sites excluding steroid dienone is 7. The molecule has 4 aliphatic rings. The van der Waals surface area contributed by atoms with Crippen molar-refractivity contribution in [3.63, 3.8) is 0 Å². The Morgan fingerprint density at radius 1 is 0.241 bits per heavy atom. The van der Waals surface area contributed by atoms with Crippen molar-refractivity contribution in [3.8, 4) is 0 Å². The first-order chi connectivity index (χ1) is 68.0. The van der Waals surface area contributed by atoms with E-state index in [1.54, 1.807) is 24.8 Å². The van der Waals surface area contributed by atoms with E-state index in [0.717, 1.165) is 88.2 Å². The van der Waals surface area contributed by atoms with E-state index in [-0.39, 0.29) is 65.2 Å². The average molecular weight is 1920 g/mol. The van der Waals surface area contributed by atoms with Gasteiger partial charge in [-0.25, -0.2) is 19.9 Å². The van der Waals surface area contributed by atoms with Crippen molar-refractivity contribution in [2.24, 2.45) is 28.6 Å². The molecule has 12 heterocycles. The van der Waals surface area contributed by atoms with E-state index < -0.39 is 0 Å². The highest BCUT2D eigenvalue weighted by atomic mass is 16.4. The Labute approximate surface area is 858 Å². The number of furan rings is 4. The minimum atomic E-state index is -0.0908. The Hall–Kier alpha value is -15.4. The summed E-state index contributed by atoms with van der Waals surface area (Å²) in [5.41, 5.74) is 36.6. The molecular formula is C129H142N12O4. The second-order valence-corrected chi connectivity index (χ2v) is 41.2. The SMILES string of the molecule is C.C.C.C.CC1=C(C(C)C)N(c2ccccc2)C(C(C)(C)C)N1c1c(C)ccc2c1oc1ncccc12.CC1=C(C(C)C)N(c2ccccc2)C(c2c(C)cccc2C)N1c1c(C)ccc2c1oc1ncccc12.CC1=C(C(C)C)N(c2ccccc2)C(c2ccccc2)N1c1c(C)ccc2c1oc1ncccc12.CC1=C(c2ccccc2)N(c2ccccc2)C(C(C)(C)C)N1c1c(C)ccc2c1oc1ncccc12. The zero-order chi connectivity index (χ0) is 98.5. The maximum absolute atomic E-state index is 6.51. The Kier molecular flexibility index (Phi) is 29.1. The van der Waals surface area contributed by atoms with Gasteiger partial charge in [0, 0.05) is 147 Å². The number of nitrogens with zero attached hydrogens (tertiary/aromatic N) is 12. The third kappa shape index (κ3) is 18.0. The molecule has 0 amide bonds. The van der Waals surface area contributed by atoms with Crippen LogP contribution in [0, 0.1) is 70.1 Å². The normalized spacial score (nSPS) is 16.1. The van der Waals surface area contributed by atoms with Crippen LogP contribution >= 0.6 is 0 Å². The fraction of sp³-hybridized carbons (Fsp3) is 0.271. The van der Waals surface area contributed by atoms with Gasteiger partial charge in [-0.2, -0.15) is 0 Å². The van der Waals surface area contributed by atoms with Gasteiger partial charge < -0.3 is 56.9 Å². The zero-order valence-electron chi connectivity index (χ0n) is 85.1. The van der Waals surface area contributed by atoms with E-state index in [2.05, 4.69) is 484 Å². The number of aromatic nitrogens is 4. The van der Waals surface area contributed by atoms with Gasteiger partial charge in [0.05, 0.1) is 28.4 Å². The smallest absolute Gasteiger partial charge is 0.227 e. The second kappa shape index (κ2) is 41.1. The molecule has 742 valence electrons. The standard InChI is InChI=1S/C33H33N3O.C32H31N3O.C31H29N3O.C29H33N3O.4CH4/c1-20(2)29-24(6)35(30-23(5)17-18-26-27-16-11-19-34-32(27)37-31(26)30)33(28-21(3)12-10-13-22(28)4)36(29)25-14-8-7-9-15-25;1-21-18-19-25-26-17-12-20-33-30(26)36-29(25)27(21)34-22(2)28(23-13-8-6-9-14-23)35(31(34)32(3,4)5)24-15-10-7-11-16-24;1-20(2)27-22(4)33(28-21(3)17-18-25-26-16-11-19-32-30(26)35-29(25)28)31(23-12-7-5-8-13-23)34(27)24-14-9-6-10-15-24;1-18(2)24-20(4)31(28(29(5,6)7)32(24)21-12-9-8-10-13-21)25-19(3)15-16-22-23-14-11-17-30-27(23)33-26(22)25;;;;/h7-20,33H,1-6H3;6-20,31H,1-5H3;5-20,31H,1-4H3;8-18,28H,1-7H3;4*1H4. The fourth-order valence-electron chi connectivity index (χ4n) is 22.8. The van der Waals surface area contributed by atoms with Gasteiger partial charge >= 0.3 is 0 Å². The third-order valence-corrected chi connectivity index (χ3v) is 28.5. The summed E-state index contributed by atoms with van der Waals surface area (Å²) in [6.45, 7) is 49.8. The Bertz CT molecular complexity index is 8040. The average Bonchev–Trinajstić information content (AvgIpc) is 1.56. The molecule has 11 aromatic carbocycles. The number of hydrogen-bond donors (Lipinski definition) is 0. The second-order valence-electron chi connectivity index (χ2n) is 41.2. The van der Waals surface area contributed by atoms with Crippen LogP contribution in [0.15, 0.2) is 380 Å². The molecule has 16 heteroatoms. The summed E-state index contributed by atoms with van der Waals surface area (Å²) in [4.78, 5) is 38.1. The van der Waals surface area contributed by atoms with Crippen molar-refractivity contribution < 1.29 is 17.7 Å². The van der Waals surface area contributed by atoms with Gasteiger partial charge in [-0.05, 0) is 229 Å². The number of aryl methyl sites for hydroxylation is 6. The van der Waals surface area contributed by atoms with Gasteiger partial charge in [0.1, 0.15) is 24.7 Å². The Balaban J connectivity index is 0.000000137. The molecule has 0 fully saturated rings. The lowest BCUT2D eigenvalue weighted by molar-refractivity contribution is 0.320. The summed E-state index contributed by atoms with van der Waals surface area (Å²) in [6.07, 6.45) is 7.21. The third-order valence-electron chi connectivity index (χ3n) is 28.5. The van der Waals surface area contributed by atoms with Gasteiger partial charge in [0.2, 0.25) is 22.9 Å². The molecule has 0 aliphatic carbocycles. The molecule has 0 N–H and O–H groups in total. The van der Waals surface area contributed by atoms with Gasteiger partial charge in [0.15, 0.2) is 22.3 Å². The van der Waals surface area contributed by atoms with Crippen LogP contribution in [0.1, 0.15) is 203 Å². The number of hydrogen-bond acceptors (Lipinski definition) is 16. The molecular weight excluding hydrogens is 1780 g/mol. The summed E-state index contributed by atoms with van der Waals surface area (Å²) in [5, 5.41) is 8.61. The highest BCUT2D eigenvalue weighted by Gasteiger charge is 2.50. The maximum atomic E-state index is 6.51. The number of benzene rings is 11. The minimum absolute atomic E-state index is 0. The largest absolute Gasteiger partial charge is 0.435 e. The quantitative estimate of drug-likeness (QED) is 0.102. The highest BCUT2D eigenvalue weighted by Crippen LogP contribution is 2.57. The summed E-state index contributed by atoms with van der Waals surface area (Å²) in [6, 6.07) is 105. The van der Waals surface area contributed by atoms with Crippen LogP contribution in [0.5, 0.6) is 0 Å². The van der Waals surface area contributed by atoms with Gasteiger partial charge in [-0.15, -0.1) is 0 Å². The molecule has 23 rings (SSSR count). The molecule has 16 nitrogen and oxygen atoms in total. The van der Waals surface area contributed by atoms with Crippen molar-refractivity contribution in [1.82, 2.24) is 19.9 Å². The van der Waals surface area contributed by atoms with Crippen molar-refractivity contribution in [3.05, 3.63) is 412 Å². The van der Waals surface area contributed by atoms with E-state index in [9.17, 15) is 0 Å². The number of rotatable bonds is 14.